The van der Waals surface area contributed by atoms with Crippen molar-refractivity contribution in [1.82, 2.24) is 0 Å². The van der Waals surface area contributed by atoms with Crippen LogP contribution in [0.1, 0.15) is 42.9 Å². The van der Waals surface area contributed by atoms with Gasteiger partial charge in [0.05, 0.1) is 0 Å². The van der Waals surface area contributed by atoms with Crippen LogP contribution in [0.15, 0.2) is 21.1 Å². The molecule has 0 radical (unpaired) electrons. The summed E-state index contributed by atoms with van der Waals surface area (Å²) in [5.74, 6) is 0.608. The van der Waals surface area contributed by atoms with E-state index >= 15 is 0 Å². The molecule has 3 heteroatoms. The molecule has 2 N–H and O–H groups in total. The molecule has 0 aromatic heterocycles. The molecule has 1 nitrogen and oxygen atoms in total. The molecular formula is C11H13Br2N. The second-order valence-electron chi connectivity index (χ2n) is 3.94. The molecular weight excluding hydrogens is 306 g/mol. The van der Waals surface area contributed by atoms with Crippen LogP contribution in [0.4, 0.5) is 0 Å². The highest BCUT2D eigenvalue weighted by molar-refractivity contribution is 9.11. The summed E-state index contributed by atoms with van der Waals surface area (Å²) in [6, 6.07) is 4.35. The van der Waals surface area contributed by atoms with Crippen LogP contribution >= 0.6 is 31.9 Å². The summed E-state index contributed by atoms with van der Waals surface area (Å²) < 4.78 is 2.34. The molecule has 1 aromatic rings. The lowest BCUT2D eigenvalue weighted by Gasteiger charge is -2.29. The van der Waals surface area contributed by atoms with Crippen LogP contribution in [0, 0.1) is 0 Å². The molecule has 1 aromatic carbocycles. The SMILES string of the molecule is CC1CC[C@@H](N)c2c(Br)ccc(Br)c21. The lowest BCUT2D eigenvalue weighted by atomic mass is 9.81. The Morgan fingerprint density at radius 2 is 1.71 bits per heavy atom. The van der Waals surface area contributed by atoms with Crippen LogP contribution in [0.25, 0.3) is 0 Å². The molecule has 1 aliphatic carbocycles. The first kappa shape index (κ1) is 10.7. The number of fused-ring (bicyclic) bond motifs is 1. The highest BCUT2D eigenvalue weighted by atomic mass is 79.9. The Morgan fingerprint density at radius 3 is 2.29 bits per heavy atom. The third-order valence-corrected chi connectivity index (χ3v) is 4.34. The van der Waals surface area contributed by atoms with E-state index in [1.54, 1.807) is 0 Å². The van der Waals surface area contributed by atoms with Crippen molar-refractivity contribution in [3.63, 3.8) is 0 Å². The Hall–Kier alpha value is 0.140. The fourth-order valence-corrected chi connectivity index (χ4v) is 3.56. The van der Waals surface area contributed by atoms with E-state index in [0.717, 1.165) is 10.9 Å². The molecule has 0 saturated heterocycles. The zero-order valence-corrected chi connectivity index (χ0v) is 11.2. The standard InChI is InChI=1S/C11H13Br2N/c1-6-2-5-9(14)11-8(13)4-3-7(12)10(6)11/h3-4,6,9H,2,5,14H2,1H3/t6?,9-/m1/s1. The molecule has 14 heavy (non-hydrogen) atoms. The van der Waals surface area contributed by atoms with E-state index in [0.29, 0.717) is 5.92 Å². The molecule has 0 spiro atoms. The van der Waals surface area contributed by atoms with Gasteiger partial charge >= 0.3 is 0 Å². The van der Waals surface area contributed by atoms with Gasteiger partial charge in [0.25, 0.3) is 0 Å². The maximum atomic E-state index is 6.13. The number of hydrogen-bond acceptors (Lipinski definition) is 1. The molecule has 2 rings (SSSR count). The number of benzene rings is 1. The van der Waals surface area contributed by atoms with Crippen LogP contribution in [0.3, 0.4) is 0 Å². The van der Waals surface area contributed by atoms with Crippen LogP contribution in [0.5, 0.6) is 0 Å². The fourth-order valence-electron chi connectivity index (χ4n) is 2.18. The minimum Gasteiger partial charge on any atom is -0.324 e. The van der Waals surface area contributed by atoms with Crippen molar-refractivity contribution in [2.24, 2.45) is 5.73 Å². The summed E-state index contributed by atoms with van der Waals surface area (Å²) in [4.78, 5) is 0. The van der Waals surface area contributed by atoms with E-state index < -0.39 is 0 Å². The highest BCUT2D eigenvalue weighted by Gasteiger charge is 2.26. The topological polar surface area (TPSA) is 26.0 Å². The lowest BCUT2D eigenvalue weighted by Crippen LogP contribution is -2.20. The zero-order chi connectivity index (χ0) is 10.3. The van der Waals surface area contributed by atoms with Gasteiger partial charge in [0, 0.05) is 15.0 Å². The van der Waals surface area contributed by atoms with Crippen molar-refractivity contribution >= 4 is 31.9 Å². The van der Waals surface area contributed by atoms with Crippen molar-refractivity contribution in [3.8, 4) is 0 Å². The van der Waals surface area contributed by atoms with Crippen molar-refractivity contribution in [1.29, 1.82) is 0 Å². The van der Waals surface area contributed by atoms with E-state index in [1.807, 2.05) is 0 Å². The molecule has 0 amide bonds. The average Bonchev–Trinajstić information content (AvgIpc) is 2.16. The first-order chi connectivity index (χ1) is 6.61. The lowest BCUT2D eigenvalue weighted by molar-refractivity contribution is 0.510. The van der Waals surface area contributed by atoms with E-state index in [-0.39, 0.29) is 6.04 Å². The minimum absolute atomic E-state index is 0.188. The van der Waals surface area contributed by atoms with Crippen molar-refractivity contribution < 1.29 is 0 Å². The smallest absolute Gasteiger partial charge is 0.0309 e. The van der Waals surface area contributed by atoms with Gasteiger partial charge in [-0.3, -0.25) is 0 Å². The molecule has 2 atom stereocenters. The molecule has 76 valence electrons. The maximum Gasteiger partial charge on any atom is 0.0309 e. The van der Waals surface area contributed by atoms with Crippen LogP contribution in [0.2, 0.25) is 0 Å². The highest BCUT2D eigenvalue weighted by Crippen LogP contribution is 2.43. The molecule has 0 aliphatic heterocycles. The van der Waals surface area contributed by atoms with Gasteiger partial charge in [0.1, 0.15) is 0 Å². The number of nitrogens with two attached hydrogens (primary N) is 1. The predicted octanol–water partition coefficient (Wildman–Crippen LogP) is 4.11. The number of rotatable bonds is 0. The molecule has 1 aliphatic rings. The van der Waals surface area contributed by atoms with E-state index in [9.17, 15) is 0 Å². The molecule has 1 unspecified atom stereocenters. The van der Waals surface area contributed by atoms with Crippen molar-refractivity contribution in [2.45, 2.75) is 31.7 Å². The second-order valence-corrected chi connectivity index (χ2v) is 5.65. The van der Waals surface area contributed by atoms with Gasteiger partial charge in [-0.15, -0.1) is 0 Å². The molecule has 0 fully saturated rings. The summed E-state index contributed by atoms with van der Waals surface area (Å²) >= 11 is 7.19. The van der Waals surface area contributed by atoms with Gasteiger partial charge in [0.2, 0.25) is 0 Å². The Morgan fingerprint density at radius 1 is 1.14 bits per heavy atom. The van der Waals surface area contributed by atoms with Crippen LogP contribution in [-0.4, -0.2) is 0 Å². The summed E-state index contributed by atoms with van der Waals surface area (Å²) in [7, 11) is 0. The Labute approximate surface area is 101 Å². The number of hydrogen-bond donors (Lipinski definition) is 1. The monoisotopic (exact) mass is 317 g/mol. The van der Waals surface area contributed by atoms with Crippen molar-refractivity contribution in [2.75, 3.05) is 0 Å². The Bertz CT molecular complexity index is 328. The third kappa shape index (κ3) is 1.66. The quantitative estimate of drug-likeness (QED) is 0.765. The normalized spacial score (nSPS) is 26.0. The fraction of sp³-hybridized carbons (Fsp3) is 0.455. The van der Waals surface area contributed by atoms with Gasteiger partial charge in [-0.2, -0.15) is 0 Å². The Balaban J connectivity index is 2.65. The van der Waals surface area contributed by atoms with Gasteiger partial charge in [-0.25, -0.2) is 0 Å². The molecule has 0 heterocycles. The summed E-state index contributed by atoms with van der Waals surface area (Å²) in [6.07, 6.45) is 2.27. The van der Waals surface area contributed by atoms with Crippen LogP contribution < -0.4 is 5.73 Å². The second kappa shape index (κ2) is 3.95. The van der Waals surface area contributed by atoms with Gasteiger partial charge in [-0.05, 0) is 42.0 Å². The van der Waals surface area contributed by atoms with Crippen LogP contribution in [-0.2, 0) is 0 Å². The number of halogens is 2. The average molecular weight is 319 g/mol. The largest absolute Gasteiger partial charge is 0.324 e. The summed E-state index contributed by atoms with van der Waals surface area (Å²) in [6.45, 7) is 2.27. The minimum atomic E-state index is 0.188. The van der Waals surface area contributed by atoms with E-state index in [4.69, 9.17) is 5.73 Å². The zero-order valence-electron chi connectivity index (χ0n) is 8.06. The maximum absolute atomic E-state index is 6.13. The summed E-state index contributed by atoms with van der Waals surface area (Å²) in [5, 5.41) is 0. The molecule has 0 bridgehead atoms. The Kier molecular flexibility index (Phi) is 3.01. The van der Waals surface area contributed by atoms with Crippen molar-refractivity contribution in [3.05, 3.63) is 32.2 Å². The van der Waals surface area contributed by atoms with Gasteiger partial charge in [0.15, 0.2) is 0 Å². The predicted molar refractivity (Wildman–Crippen MR) is 66.4 cm³/mol. The molecule has 0 saturated carbocycles. The third-order valence-electron chi connectivity index (χ3n) is 2.96. The van der Waals surface area contributed by atoms with Gasteiger partial charge in [-0.1, -0.05) is 38.8 Å². The van der Waals surface area contributed by atoms with E-state index in [1.165, 1.54) is 22.0 Å². The summed E-state index contributed by atoms with van der Waals surface area (Å²) in [5.41, 5.74) is 8.80. The first-order valence-electron chi connectivity index (χ1n) is 4.84. The van der Waals surface area contributed by atoms with Gasteiger partial charge < -0.3 is 5.73 Å². The van der Waals surface area contributed by atoms with E-state index in [2.05, 4.69) is 50.9 Å². The first-order valence-corrected chi connectivity index (χ1v) is 6.43.